The molecule has 0 N–H and O–H groups in total. The number of carbonyl (C=O) groups excluding carboxylic acids is 1. The van der Waals surface area contributed by atoms with E-state index in [0.717, 1.165) is 6.42 Å². The summed E-state index contributed by atoms with van der Waals surface area (Å²) in [6, 6.07) is 0. The third kappa shape index (κ3) is 18.4. The number of unbranched alkanes of at least 4 members (excludes halogenated alkanes) is 9. The molecule has 0 aromatic heterocycles. The van der Waals surface area contributed by atoms with Gasteiger partial charge in [-0.2, -0.15) is 0 Å². The Balaban J connectivity index is 3.40. The predicted molar refractivity (Wildman–Crippen MR) is 100 cm³/mol. The molecule has 0 heterocycles. The molecule has 0 aliphatic rings. The van der Waals surface area contributed by atoms with Crippen LogP contribution < -0.4 is 0 Å². The summed E-state index contributed by atoms with van der Waals surface area (Å²) in [5, 5.41) is 0. The zero-order valence-corrected chi connectivity index (χ0v) is 15.0. The average molecular weight is 319 g/mol. The molecule has 130 valence electrons. The van der Waals surface area contributed by atoms with Crippen molar-refractivity contribution in [3.8, 4) is 0 Å². The van der Waals surface area contributed by atoms with E-state index in [1.165, 1.54) is 71.0 Å². The maximum absolute atomic E-state index is 10.8. The van der Waals surface area contributed by atoms with E-state index in [9.17, 15) is 4.79 Å². The Morgan fingerprint density at radius 3 is 1.87 bits per heavy atom. The molecule has 0 saturated heterocycles. The Morgan fingerprint density at radius 2 is 1.26 bits per heavy atom. The minimum absolute atomic E-state index is 0.334. The van der Waals surface area contributed by atoms with E-state index < -0.39 is 0 Å². The summed E-state index contributed by atoms with van der Waals surface area (Å²) in [4.78, 5) is 10.8. The molecule has 0 amide bonds. The molecular weight excluding hydrogens is 284 g/mol. The van der Waals surface area contributed by atoms with Gasteiger partial charge >= 0.3 is 5.97 Å². The van der Waals surface area contributed by atoms with Gasteiger partial charge in [-0.25, -0.2) is 4.79 Å². The second kappa shape index (κ2) is 18.5. The van der Waals surface area contributed by atoms with E-state index in [1.807, 2.05) is 24.3 Å². The van der Waals surface area contributed by atoms with E-state index in [0.29, 0.717) is 0 Å². The van der Waals surface area contributed by atoms with Gasteiger partial charge in [-0.1, -0.05) is 101 Å². The number of hydrogen-bond donors (Lipinski definition) is 0. The Morgan fingerprint density at radius 1 is 0.739 bits per heavy atom. The molecule has 0 aromatic carbocycles. The van der Waals surface area contributed by atoms with E-state index in [-0.39, 0.29) is 5.97 Å². The van der Waals surface area contributed by atoms with Gasteiger partial charge in [0.25, 0.3) is 0 Å². The van der Waals surface area contributed by atoms with Crippen LogP contribution in [-0.4, -0.2) is 13.1 Å². The normalized spacial score (nSPS) is 12.3. The first-order chi connectivity index (χ1) is 11.3. The summed E-state index contributed by atoms with van der Waals surface area (Å²) in [5.74, 6) is -0.334. The van der Waals surface area contributed by atoms with Crippen LogP contribution in [0.5, 0.6) is 0 Å². The van der Waals surface area contributed by atoms with Gasteiger partial charge in [-0.15, -0.1) is 0 Å². The average Bonchev–Trinajstić information content (AvgIpc) is 2.57. The lowest BCUT2D eigenvalue weighted by molar-refractivity contribution is -0.134. The zero-order valence-electron chi connectivity index (χ0n) is 15.0. The monoisotopic (exact) mass is 318 g/mol. The Kier molecular flexibility index (Phi) is 17.2. The largest absolute Gasteiger partial charge is 0.466 e. The van der Waals surface area contributed by atoms with Crippen molar-refractivity contribution in [2.45, 2.75) is 71.1 Å². The minimum Gasteiger partial charge on any atom is -0.466 e. The highest BCUT2D eigenvalue weighted by Crippen LogP contribution is 2.10. The molecule has 0 unspecified atom stereocenters. The number of rotatable bonds is 14. The predicted octanol–water partition coefficient (Wildman–Crippen LogP) is 6.31. The summed E-state index contributed by atoms with van der Waals surface area (Å²) >= 11 is 0. The van der Waals surface area contributed by atoms with E-state index in [4.69, 9.17) is 0 Å². The van der Waals surface area contributed by atoms with Crippen LogP contribution in [0.3, 0.4) is 0 Å². The lowest BCUT2D eigenvalue weighted by Gasteiger charge is -2.00. The third-order valence-electron chi connectivity index (χ3n) is 3.60. The van der Waals surface area contributed by atoms with Crippen molar-refractivity contribution in [3.05, 3.63) is 48.6 Å². The molecule has 2 heteroatoms. The van der Waals surface area contributed by atoms with Crippen molar-refractivity contribution in [2.75, 3.05) is 7.11 Å². The molecule has 23 heavy (non-hydrogen) atoms. The summed E-state index contributed by atoms with van der Waals surface area (Å²) in [7, 11) is 1.37. The molecule has 0 radical (unpaired) electrons. The second-order valence-corrected chi connectivity index (χ2v) is 5.70. The van der Waals surface area contributed by atoms with E-state index in [2.05, 4.69) is 23.8 Å². The molecule has 0 saturated carbocycles. The SMILES string of the molecule is CCCCCCCCCCCC=CC=CC=CC=CC(=O)OC. The quantitative estimate of drug-likeness (QED) is 0.162. The van der Waals surface area contributed by atoms with Crippen molar-refractivity contribution in [1.29, 1.82) is 0 Å². The van der Waals surface area contributed by atoms with Gasteiger partial charge in [-0.3, -0.25) is 0 Å². The van der Waals surface area contributed by atoms with Crippen LogP contribution in [-0.2, 0) is 9.53 Å². The summed E-state index contributed by atoms with van der Waals surface area (Å²) < 4.78 is 4.49. The highest BCUT2D eigenvalue weighted by molar-refractivity contribution is 5.82. The lowest BCUT2D eigenvalue weighted by atomic mass is 10.1. The van der Waals surface area contributed by atoms with Gasteiger partial charge in [-0.05, 0) is 12.8 Å². The number of allylic oxidation sites excluding steroid dienone is 7. The molecule has 0 atom stereocenters. The highest BCUT2D eigenvalue weighted by Gasteiger charge is 1.90. The van der Waals surface area contributed by atoms with Crippen LogP contribution in [0.25, 0.3) is 0 Å². The Labute approximate surface area is 143 Å². The fourth-order valence-corrected chi connectivity index (χ4v) is 2.21. The number of esters is 1. The van der Waals surface area contributed by atoms with E-state index in [1.54, 1.807) is 6.08 Å². The van der Waals surface area contributed by atoms with Crippen molar-refractivity contribution >= 4 is 5.97 Å². The Bertz CT molecular complexity index is 375. The number of carbonyl (C=O) groups is 1. The molecule has 0 aliphatic heterocycles. The maximum Gasteiger partial charge on any atom is 0.330 e. The first kappa shape index (κ1) is 21.4. The van der Waals surface area contributed by atoms with Gasteiger partial charge in [0.15, 0.2) is 0 Å². The van der Waals surface area contributed by atoms with Crippen molar-refractivity contribution in [1.82, 2.24) is 0 Å². The van der Waals surface area contributed by atoms with Gasteiger partial charge < -0.3 is 4.74 Å². The summed E-state index contributed by atoms with van der Waals surface area (Å²) in [6.45, 7) is 2.27. The van der Waals surface area contributed by atoms with Crippen LogP contribution in [0.2, 0.25) is 0 Å². The first-order valence-corrected chi connectivity index (χ1v) is 9.05. The van der Waals surface area contributed by atoms with Gasteiger partial charge in [0, 0.05) is 6.08 Å². The summed E-state index contributed by atoms with van der Waals surface area (Å²) in [5.41, 5.74) is 0. The van der Waals surface area contributed by atoms with Crippen LogP contribution in [0, 0.1) is 0 Å². The number of ether oxygens (including phenoxy) is 1. The van der Waals surface area contributed by atoms with Crippen molar-refractivity contribution in [2.24, 2.45) is 0 Å². The third-order valence-corrected chi connectivity index (χ3v) is 3.60. The van der Waals surface area contributed by atoms with E-state index >= 15 is 0 Å². The second-order valence-electron chi connectivity index (χ2n) is 5.70. The van der Waals surface area contributed by atoms with Crippen LogP contribution in [0.1, 0.15) is 71.1 Å². The molecule has 0 rings (SSSR count). The number of hydrogen-bond acceptors (Lipinski definition) is 2. The van der Waals surface area contributed by atoms with Crippen LogP contribution in [0.4, 0.5) is 0 Å². The maximum atomic E-state index is 10.8. The number of methoxy groups -OCH3 is 1. The first-order valence-electron chi connectivity index (χ1n) is 9.05. The van der Waals surface area contributed by atoms with Gasteiger partial charge in [0.2, 0.25) is 0 Å². The molecule has 0 fully saturated rings. The molecule has 0 aliphatic carbocycles. The van der Waals surface area contributed by atoms with Crippen LogP contribution >= 0.6 is 0 Å². The van der Waals surface area contributed by atoms with Gasteiger partial charge in [0.05, 0.1) is 7.11 Å². The molecular formula is C21H34O2. The highest BCUT2D eigenvalue weighted by atomic mass is 16.5. The van der Waals surface area contributed by atoms with Crippen molar-refractivity contribution in [3.63, 3.8) is 0 Å². The molecule has 0 aromatic rings. The summed E-state index contributed by atoms with van der Waals surface area (Å²) in [6.07, 6.45) is 28.6. The topological polar surface area (TPSA) is 26.3 Å². The minimum atomic E-state index is -0.334. The molecule has 2 nitrogen and oxygen atoms in total. The standard InChI is InChI=1S/C21H34O2/c1-3-4-5-6-7-8-9-10-11-12-13-14-15-16-17-18-19-20-21(22)23-2/h13-20H,3-12H2,1-2H3. The fourth-order valence-electron chi connectivity index (χ4n) is 2.21. The van der Waals surface area contributed by atoms with Crippen molar-refractivity contribution < 1.29 is 9.53 Å². The lowest BCUT2D eigenvalue weighted by Crippen LogP contribution is -1.92. The fraction of sp³-hybridized carbons (Fsp3) is 0.571. The zero-order chi connectivity index (χ0) is 17.0. The Hall–Kier alpha value is -1.57. The van der Waals surface area contributed by atoms with Crippen LogP contribution in [0.15, 0.2) is 48.6 Å². The molecule has 0 spiro atoms. The molecule has 0 bridgehead atoms. The smallest absolute Gasteiger partial charge is 0.330 e. The van der Waals surface area contributed by atoms with Gasteiger partial charge in [0.1, 0.15) is 0 Å².